The van der Waals surface area contributed by atoms with Gasteiger partial charge in [0, 0.05) is 25.7 Å². The highest BCUT2D eigenvalue weighted by molar-refractivity contribution is 4.84. The van der Waals surface area contributed by atoms with Crippen LogP contribution in [0.3, 0.4) is 0 Å². The maximum atomic E-state index is 3.63. The first-order valence-corrected chi connectivity index (χ1v) is 8.71. The summed E-state index contributed by atoms with van der Waals surface area (Å²) in [5, 5.41) is 3.63. The monoisotopic (exact) mass is 281 g/mol. The largest absolute Gasteiger partial charge is 0.316 e. The van der Waals surface area contributed by atoms with E-state index in [0.29, 0.717) is 0 Å². The van der Waals surface area contributed by atoms with E-state index in [-0.39, 0.29) is 0 Å². The Kier molecular flexibility index (Phi) is 6.31. The van der Waals surface area contributed by atoms with Crippen LogP contribution in [0.1, 0.15) is 40.5 Å². The molecule has 2 aliphatic rings. The van der Waals surface area contributed by atoms with Crippen LogP contribution < -0.4 is 5.32 Å². The van der Waals surface area contributed by atoms with Gasteiger partial charge in [-0.05, 0) is 70.6 Å². The average molecular weight is 281 g/mol. The van der Waals surface area contributed by atoms with E-state index in [4.69, 9.17) is 0 Å². The van der Waals surface area contributed by atoms with Crippen molar-refractivity contribution in [2.75, 3.05) is 45.8 Å². The Morgan fingerprint density at radius 1 is 1.00 bits per heavy atom. The molecule has 3 heteroatoms. The van der Waals surface area contributed by atoms with Gasteiger partial charge in [-0.3, -0.25) is 0 Å². The van der Waals surface area contributed by atoms with E-state index < -0.39 is 0 Å². The molecule has 2 rings (SSSR count). The highest BCUT2D eigenvalue weighted by Gasteiger charge is 2.29. The van der Waals surface area contributed by atoms with Gasteiger partial charge in [-0.2, -0.15) is 0 Å². The van der Waals surface area contributed by atoms with E-state index in [1.165, 1.54) is 58.7 Å². The molecule has 0 aromatic heterocycles. The fourth-order valence-corrected chi connectivity index (χ4v) is 3.67. The lowest BCUT2D eigenvalue weighted by molar-refractivity contribution is 0.235. The first-order chi connectivity index (χ1) is 9.54. The summed E-state index contributed by atoms with van der Waals surface area (Å²) in [7, 11) is 0. The van der Waals surface area contributed by atoms with E-state index >= 15 is 0 Å². The van der Waals surface area contributed by atoms with Gasteiger partial charge in [-0.15, -0.1) is 0 Å². The predicted octanol–water partition coefficient (Wildman–Crippen LogP) is 2.28. The molecule has 0 aliphatic carbocycles. The Morgan fingerprint density at radius 2 is 1.75 bits per heavy atom. The molecular formula is C17H35N3. The zero-order valence-electron chi connectivity index (χ0n) is 14.1. The second-order valence-corrected chi connectivity index (χ2v) is 7.71. The summed E-state index contributed by atoms with van der Waals surface area (Å²) in [4.78, 5) is 5.36. The zero-order valence-corrected chi connectivity index (χ0v) is 14.1. The minimum Gasteiger partial charge on any atom is -0.316 e. The Bertz CT molecular complexity index is 277. The smallest absolute Gasteiger partial charge is 0.00387 e. The normalized spacial score (nSPS) is 29.1. The molecule has 20 heavy (non-hydrogen) atoms. The van der Waals surface area contributed by atoms with Gasteiger partial charge in [0.05, 0.1) is 0 Å². The molecule has 0 radical (unpaired) electrons. The summed E-state index contributed by atoms with van der Waals surface area (Å²) in [6.45, 7) is 18.2. The Balaban J connectivity index is 1.61. The molecule has 2 saturated heterocycles. The molecule has 3 nitrogen and oxygen atoms in total. The molecule has 2 heterocycles. The van der Waals surface area contributed by atoms with Gasteiger partial charge in [0.1, 0.15) is 0 Å². The van der Waals surface area contributed by atoms with Gasteiger partial charge in [-0.1, -0.05) is 13.8 Å². The summed E-state index contributed by atoms with van der Waals surface area (Å²) in [5.41, 5.74) is 0. The molecule has 0 bridgehead atoms. The van der Waals surface area contributed by atoms with Crippen molar-refractivity contribution in [3.8, 4) is 0 Å². The van der Waals surface area contributed by atoms with Crippen LogP contribution in [-0.4, -0.2) is 61.7 Å². The van der Waals surface area contributed by atoms with Crippen LogP contribution in [-0.2, 0) is 0 Å². The number of nitrogens with one attached hydrogen (secondary N) is 1. The number of hydrogen-bond acceptors (Lipinski definition) is 3. The molecule has 0 spiro atoms. The first-order valence-electron chi connectivity index (χ1n) is 8.71. The van der Waals surface area contributed by atoms with Crippen molar-refractivity contribution in [2.45, 2.75) is 46.6 Å². The number of nitrogens with zero attached hydrogens (tertiary/aromatic N) is 2. The summed E-state index contributed by atoms with van der Waals surface area (Å²) >= 11 is 0. The van der Waals surface area contributed by atoms with Gasteiger partial charge in [0.2, 0.25) is 0 Å². The van der Waals surface area contributed by atoms with Crippen molar-refractivity contribution in [3.05, 3.63) is 0 Å². The maximum absolute atomic E-state index is 3.63. The molecule has 0 amide bonds. The van der Waals surface area contributed by atoms with E-state index in [1.54, 1.807) is 0 Å². The topological polar surface area (TPSA) is 18.5 Å². The zero-order chi connectivity index (χ0) is 14.5. The molecule has 118 valence electrons. The molecule has 0 aromatic rings. The minimum absolute atomic E-state index is 0.728. The van der Waals surface area contributed by atoms with Crippen molar-refractivity contribution in [3.63, 3.8) is 0 Å². The summed E-state index contributed by atoms with van der Waals surface area (Å²) < 4.78 is 0. The Labute approximate surface area is 126 Å². The van der Waals surface area contributed by atoms with Crippen molar-refractivity contribution in [1.82, 2.24) is 15.1 Å². The number of hydrogen-bond donors (Lipinski definition) is 1. The Hall–Kier alpha value is -0.120. The van der Waals surface area contributed by atoms with Crippen molar-refractivity contribution in [1.29, 1.82) is 0 Å². The molecule has 2 unspecified atom stereocenters. The van der Waals surface area contributed by atoms with Crippen LogP contribution in [0.15, 0.2) is 0 Å². The average Bonchev–Trinajstić information content (AvgIpc) is 2.99. The summed E-state index contributed by atoms with van der Waals surface area (Å²) in [6.07, 6.45) is 2.80. The van der Waals surface area contributed by atoms with Crippen molar-refractivity contribution >= 4 is 0 Å². The molecule has 1 N–H and O–H groups in total. The predicted molar refractivity (Wildman–Crippen MR) is 87.1 cm³/mol. The second kappa shape index (κ2) is 7.77. The Morgan fingerprint density at radius 3 is 2.40 bits per heavy atom. The summed E-state index contributed by atoms with van der Waals surface area (Å²) in [6, 6.07) is 0.728. The van der Waals surface area contributed by atoms with Crippen LogP contribution in [0.5, 0.6) is 0 Å². The van der Waals surface area contributed by atoms with Crippen LogP contribution in [0.25, 0.3) is 0 Å². The summed E-state index contributed by atoms with van der Waals surface area (Å²) in [5.74, 6) is 2.57. The highest BCUT2D eigenvalue weighted by Crippen LogP contribution is 2.23. The van der Waals surface area contributed by atoms with E-state index in [0.717, 1.165) is 23.8 Å². The van der Waals surface area contributed by atoms with Gasteiger partial charge in [0.25, 0.3) is 0 Å². The fourth-order valence-electron chi connectivity index (χ4n) is 3.67. The lowest BCUT2D eigenvalue weighted by Gasteiger charge is -2.23. The van der Waals surface area contributed by atoms with E-state index in [1.807, 2.05) is 0 Å². The lowest BCUT2D eigenvalue weighted by Crippen LogP contribution is -2.33. The number of rotatable bonds is 7. The van der Waals surface area contributed by atoms with Crippen LogP contribution in [0.2, 0.25) is 0 Å². The van der Waals surface area contributed by atoms with Gasteiger partial charge in [-0.25, -0.2) is 0 Å². The molecular weight excluding hydrogens is 246 g/mol. The molecule has 0 aromatic carbocycles. The number of likely N-dealkylation sites (tertiary alicyclic amines) is 2. The minimum atomic E-state index is 0.728. The fraction of sp³-hybridized carbons (Fsp3) is 1.00. The molecule has 2 fully saturated rings. The lowest BCUT2D eigenvalue weighted by atomic mass is 10.1. The van der Waals surface area contributed by atoms with Gasteiger partial charge < -0.3 is 15.1 Å². The molecule has 0 saturated carbocycles. The van der Waals surface area contributed by atoms with Crippen molar-refractivity contribution in [2.24, 2.45) is 17.8 Å². The van der Waals surface area contributed by atoms with Gasteiger partial charge in [0.15, 0.2) is 0 Å². The second-order valence-electron chi connectivity index (χ2n) is 7.71. The highest BCUT2D eigenvalue weighted by atomic mass is 15.2. The molecule has 2 atom stereocenters. The molecule has 2 aliphatic heterocycles. The third-order valence-corrected chi connectivity index (χ3v) is 4.92. The van der Waals surface area contributed by atoms with E-state index in [9.17, 15) is 0 Å². The van der Waals surface area contributed by atoms with Crippen LogP contribution in [0.4, 0.5) is 0 Å². The third kappa shape index (κ3) is 5.01. The first kappa shape index (κ1) is 16.3. The van der Waals surface area contributed by atoms with Gasteiger partial charge >= 0.3 is 0 Å². The standard InChI is InChI=1S/C17H35N3/c1-14(2)9-18-10-16-5-7-19(11-16)12-17-6-8-20(13-17)15(3)4/h14-18H,5-13H2,1-4H3. The maximum Gasteiger partial charge on any atom is 0.00387 e. The van der Waals surface area contributed by atoms with Crippen LogP contribution >= 0.6 is 0 Å². The third-order valence-electron chi connectivity index (χ3n) is 4.92. The quantitative estimate of drug-likeness (QED) is 0.772. The SMILES string of the molecule is CC(C)CNCC1CCN(CC2CCN(C(C)C)C2)C1. The van der Waals surface area contributed by atoms with Crippen molar-refractivity contribution < 1.29 is 0 Å². The van der Waals surface area contributed by atoms with Crippen LogP contribution in [0, 0.1) is 17.8 Å². The van der Waals surface area contributed by atoms with E-state index in [2.05, 4.69) is 42.8 Å².